The van der Waals surface area contributed by atoms with E-state index in [9.17, 15) is 14.4 Å². The number of carbonyl (C=O) groups is 1. The van der Waals surface area contributed by atoms with Gasteiger partial charge in [-0.15, -0.1) is 0 Å². The standard InChI is InChI=1S/C23H32N4O4/c1-4-5-12-26-21(24)20(22(29)25-23(26)30)27(17-8-6-7-9-17)19(28)14-31-18-11-10-15(2)16(3)13-18/h10-11,13,17H,4-9,12,14,24H2,1-3H3,(H,25,29,30). The quantitative estimate of drug-likeness (QED) is 0.672. The molecule has 0 radical (unpaired) electrons. The molecule has 31 heavy (non-hydrogen) atoms. The summed E-state index contributed by atoms with van der Waals surface area (Å²) in [7, 11) is 0. The molecule has 1 aromatic carbocycles. The van der Waals surface area contributed by atoms with Crippen molar-refractivity contribution in [2.75, 3.05) is 17.2 Å². The van der Waals surface area contributed by atoms with Gasteiger partial charge in [-0.05, 0) is 56.4 Å². The maximum atomic E-state index is 13.3. The van der Waals surface area contributed by atoms with Crippen LogP contribution in [0.1, 0.15) is 56.6 Å². The van der Waals surface area contributed by atoms with Crippen LogP contribution in [-0.2, 0) is 11.3 Å². The molecule has 0 unspecified atom stereocenters. The minimum atomic E-state index is -0.637. The summed E-state index contributed by atoms with van der Waals surface area (Å²) in [5.74, 6) is 0.286. The number of hydrogen-bond acceptors (Lipinski definition) is 5. The summed E-state index contributed by atoms with van der Waals surface area (Å²) in [6, 6.07) is 5.50. The van der Waals surface area contributed by atoms with E-state index in [1.807, 2.05) is 39.0 Å². The Balaban J connectivity index is 1.94. The number of aromatic nitrogens is 2. The minimum Gasteiger partial charge on any atom is -0.484 e. The lowest BCUT2D eigenvalue weighted by Gasteiger charge is -2.30. The van der Waals surface area contributed by atoms with Gasteiger partial charge in [0, 0.05) is 12.6 Å². The number of rotatable bonds is 8. The van der Waals surface area contributed by atoms with Gasteiger partial charge in [0.1, 0.15) is 11.6 Å². The molecule has 168 valence electrons. The van der Waals surface area contributed by atoms with Gasteiger partial charge in [-0.25, -0.2) is 4.79 Å². The second-order valence-corrected chi connectivity index (χ2v) is 8.24. The number of nitrogens with two attached hydrogens (primary N) is 1. The Morgan fingerprint density at radius 3 is 2.58 bits per heavy atom. The highest BCUT2D eigenvalue weighted by Gasteiger charge is 2.32. The van der Waals surface area contributed by atoms with E-state index in [0.717, 1.165) is 49.7 Å². The molecule has 2 aromatic rings. The van der Waals surface area contributed by atoms with E-state index in [-0.39, 0.29) is 30.1 Å². The van der Waals surface area contributed by atoms with Crippen LogP contribution in [0.5, 0.6) is 5.75 Å². The molecular weight excluding hydrogens is 396 g/mol. The fraction of sp³-hybridized carbons (Fsp3) is 0.522. The molecule has 1 saturated carbocycles. The zero-order chi connectivity index (χ0) is 22.5. The Bertz CT molecular complexity index is 1050. The smallest absolute Gasteiger partial charge is 0.330 e. The number of H-pyrrole nitrogens is 1. The first-order valence-corrected chi connectivity index (χ1v) is 11.0. The van der Waals surface area contributed by atoms with E-state index in [1.165, 1.54) is 9.47 Å². The monoisotopic (exact) mass is 428 g/mol. The van der Waals surface area contributed by atoms with Gasteiger partial charge in [0.05, 0.1) is 0 Å². The lowest BCUT2D eigenvalue weighted by Crippen LogP contribution is -2.47. The van der Waals surface area contributed by atoms with Gasteiger partial charge in [-0.3, -0.25) is 24.0 Å². The van der Waals surface area contributed by atoms with E-state index < -0.39 is 11.2 Å². The number of hydrogen-bond donors (Lipinski definition) is 2. The lowest BCUT2D eigenvalue weighted by molar-refractivity contribution is -0.121. The van der Waals surface area contributed by atoms with E-state index >= 15 is 0 Å². The predicted octanol–water partition coefficient (Wildman–Crippen LogP) is 2.89. The van der Waals surface area contributed by atoms with Crippen molar-refractivity contribution in [2.24, 2.45) is 0 Å². The van der Waals surface area contributed by atoms with Crippen LogP contribution in [0.15, 0.2) is 27.8 Å². The van der Waals surface area contributed by atoms with Gasteiger partial charge < -0.3 is 10.5 Å². The molecule has 3 rings (SSSR count). The summed E-state index contributed by atoms with van der Waals surface area (Å²) in [4.78, 5) is 42.1. The van der Waals surface area contributed by atoms with Crippen LogP contribution >= 0.6 is 0 Å². The van der Waals surface area contributed by atoms with E-state index in [4.69, 9.17) is 10.5 Å². The number of anilines is 2. The second-order valence-electron chi connectivity index (χ2n) is 8.24. The minimum absolute atomic E-state index is 0.0358. The highest BCUT2D eigenvalue weighted by Crippen LogP contribution is 2.29. The van der Waals surface area contributed by atoms with Gasteiger partial charge in [-0.1, -0.05) is 32.3 Å². The van der Waals surface area contributed by atoms with Crippen molar-refractivity contribution in [3.63, 3.8) is 0 Å². The lowest BCUT2D eigenvalue weighted by atomic mass is 10.1. The predicted molar refractivity (Wildman–Crippen MR) is 122 cm³/mol. The van der Waals surface area contributed by atoms with Gasteiger partial charge in [0.15, 0.2) is 12.3 Å². The molecule has 1 aliphatic carbocycles. The van der Waals surface area contributed by atoms with Crippen LogP contribution in [0.3, 0.4) is 0 Å². The van der Waals surface area contributed by atoms with Gasteiger partial charge in [0.25, 0.3) is 11.5 Å². The van der Waals surface area contributed by atoms with Crippen molar-refractivity contribution in [1.29, 1.82) is 0 Å². The Morgan fingerprint density at radius 1 is 1.23 bits per heavy atom. The Hall–Kier alpha value is -3.03. The largest absolute Gasteiger partial charge is 0.484 e. The summed E-state index contributed by atoms with van der Waals surface area (Å²) >= 11 is 0. The fourth-order valence-electron chi connectivity index (χ4n) is 4.04. The van der Waals surface area contributed by atoms with Crippen molar-refractivity contribution in [1.82, 2.24) is 9.55 Å². The molecule has 0 bridgehead atoms. The summed E-state index contributed by atoms with van der Waals surface area (Å²) in [5, 5.41) is 0. The van der Waals surface area contributed by atoms with Gasteiger partial charge in [0.2, 0.25) is 0 Å². The SMILES string of the molecule is CCCCn1c(N)c(N(C(=O)COc2ccc(C)c(C)c2)C2CCCC2)c(=O)[nH]c1=O. The van der Waals surface area contributed by atoms with Crippen LogP contribution in [0.25, 0.3) is 0 Å². The highest BCUT2D eigenvalue weighted by atomic mass is 16.5. The van der Waals surface area contributed by atoms with Crippen molar-refractivity contribution in [2.45, 2.75) is 71.9 Å². The second kappa shape index (κ2) is 9.85. The topological polar surface area (TPSA) is 110 Å². The zero-order valence-corrected chi connectivity index (χ0v) is 18.6. The molecule has 0 atom stereocenters. The highest BCUT2D eigenvalue weighted by molar-refractivity contribution is 5.97. The summed E-state index contributed by atoms with van der Waals surface area (Å²) in [5.41, 5.74) is 7.36. The Kier molecular flexibility index (Phi) is 7.20. The van der Waals surface area contributed by atoms with Crippen LogP contribution in [0.2, 0.25) is 0 Å². The van der Waals surface area contributed by atoms with Gasteiger partial charge in [-0.2, -0.15) is 0 Å². The van der Waals surface area contributed by atoms with E-state index in [2.05, 4.69) is 4.98 Å². The van der Waals surface area contributed by atoms with Crippen molar-refractivity contribution < 1.29 is 9.53 Å². The third kappa shape index (κ3) is 5.00. The number of carbonyl (C=O) groups excluding carboxylic acids is 1. The van der Waals surface area contributed by atoms with Gasteiger partial charge >= 0.3 is 5.69 Å². The number of ether oxygens (including phenoxy) is 1. The number of nitrogens with zero attached hydrogens (tertiary/aromatic N) is 2. The average Bonchev–Trinajstić information content (AvgIpc) is 3.25. The van der Waals surface area contributed by atoms with Crippen LogP contribution in [0.4, 0.5) is 11.5 Å². The maximum absolute atomic E-state index is 13.3. The first kappa shape index (κ1) is 22.7. The first-order valence-electron chi connectivity index (χ1n) is 11.0. The number of amides is 1. The number of aromatic amines is 1. The fourth-order valence-corrected chi connectivity index (χ4v) is 4.04. The number of benzene rings is 1. The molecule has 0 aliphatic heterocycles. The molecule has 1 fully saturated rings. The maximum Gasteiger partial charge on any atom is 0.330 e. The molecular formula is C23H32N4O4. The number of aryl methyl sites for hydroxylation is 2. The van der Waals surface area contributed by atoms with E-state index in [0.29, 0.717) is 12.3 Å². The number of unbranched alkanes of at least 4 members (excludes halogenated alkanes) is 1. The molecule has 1 heterocycles. The third-order valence-corrected chi connectivity index (χ3v) is 5.99. The molecule has 0 spiro atoms. The molecule has 1 aliphatic rings. The van der Waals surface area contributed by atoms with Crippen LogP contribution in [0, 0.1) is 13.8 Å². The molecule has 3 N–H and O–H groups in total. The zero-order valence-electron chi connectivity index (χ0n) is 18.6. The van der Waals surface area contributed by atoms with Crippen LogP contribution < -0.4 is 26.6 Å². The summed E-state index contributed by atoms with van der Waals surface area (Å²) in [6.45, 7) is 6.16. The Morgan fingerprint density at radius 2 is 1.94 bits per heavy atom. The Labute approximate surface area is 182 Å². The van der Waals surface area contributed by atoms with Crippen molar-refractivity contribution in [3.05, 3.63) is 50.2 Å². The molecule has 8 nitrogen and oxygen atoms in total. The normalized spacial score (nSPS) is 14.0. The third-order valence-electron chi connectivity index (χ3n) is 5.99. The number of nitrogens with one attached hydrogen (secondary N) is 1. The summed E-state index contributed by atoms with van der Waals surface area (Å²) in [6.07, 6.45) is 5.11. The summed E-state index contributed by atoms with van der Waals surface area (Å²) < 4.78 is 7.10. The molecule has 0 saturated heterocycles. The average molecular weight is 429 g/mol. The molecule has 8 heteroatoms. The molecule has 1 amide bonds. The van der Waals surface area contributed by atoms with E-state index in [1.54, 1.807) is 0 Å². The number of nitrogen functional groups attached to an aromatic ring is 1. The first-order chi connectivity index (χ1) is 14.8. The van der Waals surface area contributed by atoms with Crippen molar-refractivity contribution >= 4 is 17.4 Å². The van der Waals surface area contributed by atoms with Crippen molar-refractivity contribution in [3.8, 4) is 5.75 Å². The van der Waals surface area contributed by atoms with Crippen LogP contribution in [-0.4, -0.2) is 28.1 Å². The molecule has 1 aromatic heterocycles.